The molecule has 146 valence electrons. The first kappa shape index (κ1) is 22.7. The van der Waals surface area contributed by atoms with E-state index in [1.165, 1.54) is 18.1 Å². The molecule has 0 saturated carbocycles. The number of ether oxygens (including phenoxy) is 1. The number of carbonyl (C=O) groups is 2. The maximum Gasteiger partial charge on any atom is 0.407 e. The van der Waals surface area contributed by atoms with Crippen molar-refractivity contribution in [2.45, 2.75) is 39.3 Å². The molecule has 5 nitrogen and oxygen atoms in total. The van der Waals surface area contributed by atoms with Gasteiger partial charge in [0.1, 0.15) is 6.61 Å². The molecular weight excluding hydrogens is 408 g/mol. The average molecular weight is 435 g/mol. The fourth-order valence-electron chi connectivity index (χ4n) is 2.59. The van der Waals surface area contributed by atoms with E-state index in [2.05, 4.69) is 39.1 Å². The lowest BCUT2D eigenvalue weighted by Gasteiger charge is -2.12. The Morgan fingerprint density at radius 1 is 1.07 bits per heavy atom. The number of nitrogens with two attached hydrogens (primary N) is 1. The van der Waals surface area contributed by atoms with Crippen LogP contribution in [0, 0.1) is 0 Å². The van der Waals surface area contributed by atoms with Gasteiger partial charge in [-0.15, -0.1) is 0 Å². The van der Waals surface area contributed by atoms with Gasteiger partial charge < -0.3 is 15.8 Å². The highest BCUT2D eigenvalue weighted by molar-refractivity contribution is 9.09. The maximum atomic E-state index is 11.8. The van der Waals surface area contributed by atoms with Crippen molar-refractivity contribution < 1.29 is 14.3 Å². The van der Waals surface area contributed by atoms with Crippen molar-refractivity contribution in [3.05, 3.63) is 71.3 Å². The van der Waals surface area contributed by atoms with E-state index in [1.54, 1.807) is 0 Å². The van der Waals surface area contributed by atoms with E-state index in [0.717, 1.165) is 23.7 Å². The largest absolute Gasteiger partial charge is 0.445 e. The number of fused-ring (bicyclic) bond motifs is 1. The number of alkyl carbamates (subject to hydrolysis) is 1. The van der Waals surface area contributed by atoms with Gasteiger partial charge in [0.05, 0.1) is 0 Å². The van der Waals surface area contributed by atoms with E-state index in [9.17, 15) is 9.59 Å². The Kier molecular flexibility index (Phi) is 10.9. The van der Waals surface area contributed by atoms with Gasteiger partial charge in [-0.05, 0) is 29.5 Å². The van der Waals surface area contributed by atoms with Gasteiger partial charge in [0.15, 0.2) is 0 Å². The summed E-state index contributed by atoms with van der Waals surface area (Å²) in [5.74, 6) is -0.333. The molecule has 27 heavy (non-hydrogen) atoms. The molecule has 0 bridgehead atoms. The molecule has 2 aromatic rings. The summed E-state index contributed by atoms with van der Waals surface area (Å²) >= 11 is 3.15. The summed E-state index contributed by atoms with van der Waals surface area (Å²) in [7, 11) is 0. The van der Waals surface area contributed by atoms with E-state index in [1.807, 2.05) is 49.4 Å². The van der Waals surface area contributed by atoms with Crippen molar-refractivity contribution in [3.8, 4) is 0 Å². The molecule has 0 spiro atoms. The number of nitrogens with one attached hydrogen (secondary N) is 1. The van der Waals surface area contributed by atoms with Crippen molar-refractivity contribution in [2.24, 2.45) is 5.73 Å². The number of halogens is 1. The number of rotatable bonds is 3. The summed E-state index contributed by atoms with van der Waals surface area (Å²) < 4.78 is 5.24. The highest BCUT2D eigenvalue weighted by atomic mass is 79.9. The predicted molar refractivity (Wildman–Crippen MR) is 112 cm³/mol. The quantitative estimate of drug-likeness (QED) is 0.716. The topological polar surface area (TPSA) is 81.4 Å². The van der Waals surface area contributed by atoms with Crippen molar-refractivity contribution in [1.82, 2.24) is 5.32 Å². The van der Waals surface area contributed by atoms with E-state index in [-0.39, 0.29) is 18.0 Å². The van der Waals surface area contributed by atoms with Gasteiger partial charge >= 0.3 is 6.09 Å². The van der Waals surface area contributed by atoms with E-state index in [0.29, 0.717) is 6.61 Å². The van der Waals surface area contributed by atoms with Crippen LogP contribution >= 0.6 is 15.9 Å². The lowest BCUT2D eigenvalue weighted by Crippen LogP contribution is -2.35. The molecule has 3 N–H and O–H groups in total. The number of hydrogen-bond donors (Lipinski definition) is 2. The van der Waals surface area contributed by atoms with Gasteiger partial charge in [0.2, 0.25) is 5.91 Å². The van der Waals surface area contributed by atoms with Crippen molar-refractivity contribution in [1.29, 1.82) is 0 Å². The van der Waals surface area contributed by atoms with Crippen LogP contribution in [0.15, 0.2) is 54.6 Å². The molecule has 2 aromatic carbocycles. The van der Waals surface area contributed by atoms with Crippen LogP contribution in [0.1, 0.15) is 30.5 Å². The van der Waals surface area contributed by atoms with Gasteiger partial charge in [-0.25, -0.2) is 4.79 Å². The third-order valence-electron chi connectivity index (χ3n) is 3.59. The van der Waals surface area contributed by atoms with E-state index in [4.69, 9.17) is 4.74 Å². The lowest BCUT2D eigenvalue weighted by atomic mass is 10.1. The fraction of sp³-hybridized carbons (Fsp3) is 0.333. The van der Waals surface area contributed by atoms with Gasteiger partial charge in [-0.1, -0.05) is 77.5 Å². The zero-order valence-corrected chi connectivity index (χ0v) is 17.4. The third kappa shape index (κ3) is 9.80. The highest BCUT2D eigenvalue weighted by Gasteiger charge is 2.22. The second-order valence-electron chi connectivity index (χ2n) is 5.96. The molecule has 0 aliphatic heterocycles. The molecule has 1 aliphatic rings. The van der Waals surface area contributed by atoms with Crippen LogP contribution in [0.4, 0.5) is 4.79 Å². The standard InChI is InChI=1S/C17H17NO2.C2H5Br.C2H5NO/c19-17(20-12-13-6-2-1-3-7-13)18-16-10-14-8-4-5-9-15(14)11-16;1-2-3;1-2(3)4/h1-9,16H,10-12H2,(H,18,19);2H2,1H3;1H3,(H2,3,4). The number of carbonyl (C=O) groups excluding carboxylic acids is 2. The molecule has 0 unspecified atom stereocenters. The van der Waals surface area contributed by atoms with E-state index < -0.39 is 0 Å². The Balaban J connectivity index is 0.000000453. The summed E-state index contributed by atoms with van der Waals surface area (Å²) in [5, 5.41) is 4.00. The fourth-order valence-corrected chi connectivity index (χ4v) is 2.59. The summed E-state index contributed by atoms with van der Waals surface area (Å²) in [6.45, 7) is 3.66. The average Bonchev–Trinajstić information content (AvgIpc) is 3.03. The number of benzene rings is 2. The van der Waals surface area contributed by atoms with Crippen LogP contribution in [0.2, 0.25) is 0 Å². The van der Waals surface area contributed by atoms with Crippen LogP contribution in [-0.2, 0) is 29.0 Å². The van der Waals surface area contributed by atoms with Gasteiger partial charge in [0.25, 0.3) is 0 Å². The minimum Gasteiger partial charge on any atom is -0.445 e. The minimum absolute atomic E-state index is 0.149. The Bertz CT molecular complexity index is 679. The van der Waals surface area contributed by atoms with Crippen molar-refractivity contribution >= 4 is 27.9 Å². The van der Waals surface area contributed by atoms with Crippen molar-refractivity contribution in [2.75, 3.05) is 5.33 Å². The van der Waals surface area contributed by atoms with Crippen LogP contribution in [0.25, 0.3) is 0 Å². The molecular formula is C21H27BrN2O3. The minimum atomic E-state index is -0.341. The Hall–Kier alpha value is -2.34. The molecule has 0 heterocycles. The number of hydrogen-bond acceptors (Lipinski definition) is 3. The molecule has 0 saturated heterocycles. The summed E-state index contributed by atoms with van der Waals surface area (Å²) in [6.07, 6.45) is 1.43. The molecule has 1 aliphatic carbocycles. The van der Waals surface area contributed by atoms with Crippen LogP contribution < -0.4 is 11.1 Å². The van der Waals surface area contributed by atoms with Gasteiger partial charge in [-0.2, -0.15) is 0 Å². The van der Waals surface area contributed by atoms with Crippen molar-refractivity contribution in [3.63, 3.8) is 0 Å². The number of primary amides is 1. The van der Waals surface area contributed by atoms with Gasteiger partial charge in [-0.3, -0.25) is 4.79 Å². The van der Waals surface area contributed by atoms with Crippen LogP contribution in [-0.4, -0.2) is 23.4 Å². The second-order valence-corrected chi connectivity index (χ2v) is 7.08. The monoisotopic (exact) mass is 434 g/mol. The lowest BCUT2D eigenvalue weighted by molar-refractivity contribution is -0.115. The zero-order chi connectivity index (χ0) is 20.1. The first-order valence-electron chi connectivity index (χ1n) is 8.82. The van der Waals surface area contributed by atoms with Gasteiger partial charge in [0, 0.05) is 18.3 Å². The molecule has 0 radical (unpaired) electrons. The van der Waals surface area contributed by atoms with Crippen LogP contribution in [0.3, 0.4) is 0 Å². The Morgan fingerprint density at radius 3 is 2.00 bits per heavy atom. The zero-order valence-electron chi connectivity index (χ0n) is 15.8. The SMILES string of the molecule is CC(N)=O.CCBr.O=C(NC1Cc2ccccc2C1)OCc1ccccc1. The number of amides is 2. The molecule has 3 rings (SSSR count). The second kappa shape index (κ2) is 12.9. The highest BCUT2D eigenvalue weighted by Crippen LogP contribution is 2.21. The summed E-state index contributed by atoms with van der Waals surface area (Å²) in [4.78, 5) is 21.0. The summed E-state index contributed by atoms with van der Waals surface area (Å²) in [5.41, 5.74) is 8.11. The van der Waals surface area contributed by atoms with Crippen LogP contribution in [0.5, 0.6) is 0 Å². The number of alkyl halides is 1. The third-order valence-corrected chi connectivity index (χ3v) is 3.59. The molecule has 0 fully saturated rings. The maximum absolute atomic E-state index is 11.8. The Morgan fingerprint density at radius 2 is 1.52 bits per heavy atom. The molecule has 2 amide bonds. The van der Waals surface area contributed by atoms with E-state index >= 15 is 0 Å². The summed E-state index contributed by atoms with van der Waals surface area (Å²) in [6, 6.07) is 18.2. The normalized spacial score (nSPS) is 11.8. The Labute approximate surface area is 169 Å². The first-order chi connectivity index (χ1) is 13.0. The smallest absolute Gasteiger partial charge is 0.407 e. The predicted octanol–water partition coefficient (Wildman–Crippen LogP) is 3.97. The molecule has 0 aromatic heterocycles. The molecule has 6 heteroatoms. The molecule has 0 atom stereocenters. The first-order valence-corrected chi connectivity index (χ1v) is 9.94.